The molecule has 3 nitrogen and oxygen atoms in total. The average Bonchev–Trinajstić information content (AvgIpc) is 2.76. The molecule has 1 aliphatic heterocycles. The van der Waals surface area contributed by atoms with E-state index in [4.69, 9.17) is 0 Å². The van der Waals surface area contributed by atoms with Gasteiger partial charge in [-0.3, -0.25) is 0 Å². The van der Waals surface area contributed by atoms with Gasteiger partial charge in [-0.15, -0.1) is 0 Å². The van der Waals surface area contributed by atoms with Crippen LogP contribution in [-0.2, 0) is 0 Å². The zero-order chi connectivity index (χ0) is 11.0. The molecule has 82 valence electrons. The lowest BCUT2D eigenvalue weighted by Gasteiger charge is -2.18. The van der Waals surface area contributed by atoms with Gasteiger partial charge in [0.2, 0.25) is 0 Å². The van der Waals surface area contributed by atoms with Crippen molar-refractivity contribution < 1.29 is 5.11 Å². The predicted octanol–water partition coefficient (Wildman–Crippen LogP) is 2.46. The highest BCUT2D eigenvalue weighted by atomic mass is 16.3. The zero-order valence-corrected chi connectivity index (χ0v) is 8.90. The number of hydrogen-bond acceptors (Lipinski definition) is 2. The molecule has 2 heterocycles. The van der Waals surface area contributed by atoms with E-state index in [1.165, 1.54) is 0 Å². The number of phenols is 1. The van der Waals surface area contributed by atoms with Gasteiger partial charge in [0.1, 0.15) is 5.75 Å². The lowest BCUT2D eigenvalue weighted by Crippen LogP contribution is -2.16. The van der Waals surface area contributed by atoms with E-state index < -0.39 is 0 Å². The standard InChI is InChI=1S/C13H14N2O/c16-13-7-10-3-6-15-12(10)8-11(13)9-1-4-14-5-2-9/h1,3-4,6-9,14-16H,2,5H2. The Labute approximate surface area is 93.8 Å². The van der Waals surface area contributed by atoms with Crippen LogP contribution in [-0.4, -0.2) is 16.6 Å². The summed E-state index contributed by atoms with van der Waals surface area (Å²) in [4.78, 5) is 3.18. The molecule has 3 rings (SSSR count). The van der Waals surface area contributed by atoms with Crippen LogP contribution in [0.1, 0.15) is 17.9 Å². The first kappa shape index (κ1) is 9.33. The molecule has 1 aliphatic rings. The molecule has 0 amide bonds. The maximum atomic E-state index is 10.0. The molecule has 0 radical (unpaired) electrons. The monoisotopic (exact) mass is 214 g/mol. The second-order valence-electron chi connectivity index (χ2n) is 4.18. The highest BCUT2D eigenvalue weighted by molar-refractivity contribution is 5.82. The zero-order valence-electron chi connectivity index (χ0n) is 8.90. The smallest absolute Gasteiger partial charge is 0.120 e. The Morgan fingerprint density at radius 3 is 3.06 bits per heavy atom. The van der Waals surface area contributed by atoms with Crippen molar-refractivity contribution >= 4 is 10.9 Å². The number of phenolic OH excluding ortho intramolecular Hbond substituents is 1. The molecule has 0 bridgehead atoms. The molecule has 3 N–H and O–H groups in total. The Balaban J connectivity index is 2.10. The van der Waals surface area contributed by atoms with Gasteiger partial charge in [0.05, 0.1) is 0 Å². The van der Waals surface area contributed by atoms with Crippen molar-refractivity contribution in [1.29, 1.82) is 0 Å². The molecule has 2 aromatic rings. The van der Waals surface area contributed by atoms with Crippen molar-refractivity contribution in [2.24, 2.45) is 0 Å². The lowest BCUT2D eigenvalue weighted by molar-refractivity contribution is 0.463. The van der Waals surface area contributed by atoms with Crippen molar-refractivity contribution in [2.45, 2.75) is 12.3 Å². The average molecular weight is 214 g/mol. The van der Waals surface area contributed by atoms with E-state index >= 15 is 0 Å². The van der Waals surface area contributed by atoms with Crippen LogP contribution < -0.4 is 5.32 Å². The van der Waals surface area contributed by atoms with Gasteiger partial charge >= 0.3 is 0 Å². The molecule has 1 atom stereocenters. The maximum Gasteiger partial charge on any atom is 0.120 e. The molecule has 1 aromatic heterocycles. The van der Waals surface area contributed by atoms with Crippen LogP contribution in [0, 0.1) is 0 Å². The number of H-pyrrole nitrogens is 1. The molecule has 0 saturated carbocycles. The fraction of sp³-hybridized carbons (Fsp3) is 0.231. The Bertz CT molecular complexity index is 542. The molecule has 0 saturated heterocycles. The van der Waals surface area contributed by atoms with Crippen LogP contribution in [0.2, 0.25) is 0 Å². The minimum Gasteiger partial charge on any atom is -0.508 e. The number of nitrogens with one attached hydrogen (secondary N) is 2. The summed E-state index contributed by atoms with van der Waals surface area (Å²) in [7, 11) is 0. The summed E-state index contributed by atoms with van der Waals surface area (Å²) in [6, 6.07) is 5.85. The first-order valence-corrected chi connectivity index (χ1v) is 5.54. The van der Waals surface area contributed by atoms with Gasteiger partial charge in [-0.2, -0.15) is 0 Å². The summed E-state index contributed by atoms with van der Waals surface area (Å²) < 4.78 is 0. The first-order chi connectivity index (χ1) is 7.84. The third kappa shape index (κ3) is 1.45. The maximum absolute atomic E-state index is 10.0. The summed E-state index contributed by atoms with van der Waals surface area (Å²) in [6.07, 6.45) is 6.99. The normalized spacial score (nSPS) is 19.9. The largest absolute Gasteiger partial charge is 0.508 e. The summed E-state index contributed by atoms with van der Waals surface area (Å²) in [6.45, 7) is 0.962. The molecule has 0 fully saturated rings. The second-order valence-corrected chi connectivity index (χ2v) is 4.18. The van der Waals surface area contributed by atoms with Crippen LogP contribution in [0.3, 0.4) is 0 Å². The van der Waals surface area contributed by atoms with E-state index in [1.807, 2.05) is 30.6 Å². The fourth-order valence-electron chi connectivity index (χ4n) is 2.26. The predicted molar refractivity (Wildman–Crippen MR) is 64.5 cm³/mol. The number of fused-ring (bicyclic) bond motifs is 1. The van der Waals surface area contributed by atoms with Gasteiger partial charge in [-0.05, 0) is 30.8 Å². The molecule has 3 heteroatoms. The molecule has 0 spiro atoms. The molecule has 16 heavy (non-hydrogen) atoms. The summed E-state index contributed by atoms with van der Waals surface area (Å²) in [5, 5.41) is 14.2. The number of hydrogen-bond donors (Lipinski definition) is 3. The first-order valence-electron chi connectivity index (χ1n) is 5.54. The number of allylic oxidation sites excluding steroid dienone is 1. The third-order valence-electron chi connectivity index (χ3n) is 3.15. The molecular formula is C13H14N2O. The Hall–Kier alpha value is -1.90. The van der Waals surface area contributed by atoms with Gasteiger partial charge in [-0.25, -0.2) is 0 Å². The van der Waals surface area contributed by atoms with Crippen molar-refractivity contribution in [2.75, 3.05) is 6.54 Å². The van der Waals surface area contributed by atoms with Gasteiger partial charge in [-0.1, -0.05) is 6.08 Å². The highest BCUT2D eigenvalue weighted by Gasteiger charge is 2.15. The summed E-state index contributed by atoms with van der Waals surface area (Å²) in [5.41, 5.74) is 2.09. The minimum absolute atomic E-state index is 0.314. The van der Waals surface area contributed by atoms with E-state index in [9.17, 15) is 5.11 Å². The van der Waals surface area contributed by atoms with Gasteiger partial charge in [0.25, 0.3) is 0 Å². The van der Waals surface area contributed by atoms with E-state index in [0.717, 1.165) is 29.4 Å². The van der Waals surface area contributed by atoms with Crippen LogP contribution in [0.4, 0.5) is 0 Å². The number of benzene rings is 1. The van der Waals surface area contributed by atoms with E-state index in [0.29, 0.717) is 11.7 Å². The van der Waals surface area contributed by atoms with E-state index in [-0.39, 0.29) is 0 Å². The van der Waals surface area contributed by atoms with E-state index in [2.05, 4.69) is 16.4 Å². The van der Waals surface area contributed by atoms with Gasteiger partial charge < -0.3 is 15.4 Å². The number of aromatic hydroxyl groups is 1. The van der Waals surface area contributed by atoms with Crippen LogP contribution >= 0.6 is 0 Å². The minimum atomic E-state index is 0.314. The number of aromatic nitrogens is 1. The Morgan fingerprint density at radius 2 is 2.25 bits per heavy atom. The Morgan fingerprint density at radius 1 is 1.31 bits per heavy atom. The van der Waals surface area contributed by atoms with Crippen molar-refractivity contribution in [1.82, 2.24) is 10.3 Å². The third-order valence-corrected chi connectivity index (χ3v) is 3.15. The quantitative estimate of drug-likeness (QED) is 0.683. The van der Waals surface area contributed by atoms with Crippen molar-refractivity contribution in [3.05, 3.63) is 42.2 Å². The topological polar surface area (TPSA) is 48.0 Å². The molecule has 1 aromatic carbocycles. The lowest BCUT2D eigenvalue weighted by atomic mass is 9.92. The number of aromatic amines is 1. The highest BCUT2D eigenvalue weighted by Crippen LogP contribution is 2.33. The van der Waals surface area contributed by atoms with Gasteiger partial charge in [0, 0.05) is 35.1 Å². The van der Waals surface area contributed by atoms with Crippen LogP contribution in [0.25, 0.3) is 10.9 Å². The Kier molecular flexibility index (Phi) is 2.10. The molecule has 1 unspecified atom stereocenters. The van der Waals surface area contributed by atoms with Crippen molar-refractivity contribution in [3.8, 4) is 5.75 Å². The molecule has 0 aliphatic carbocycles. The van der Waals surface area contributed by atoms with Crippen molar-refractivity contribution in [3.63, 3.8) is 0 Å². The van der Waals surface area contributed by atoms with Crippen LogP contribution in [0.15, 0.2) is 36.7 Å². The fourth-order valence-corrected chi connectivity index (χ4v) is 2.26. The van der Waals surface area contributed by atoms with Gasteiger partial charge in [0.15, 0.2) is 0 Å². The van der Waals surface area contributed by atoms with E-state index in [1.54, 1.807) is 0 Å². The summed E-state index contributed by atoms with van der Waals surface area (Å²) >= 11 is 0. The number of rotatable bonds is 1. The summed E-state index contributed by atoms with van der Waals surface area (Å²) in [5.74, 6) is 0.706. The SMILES string of the molecule is Oc1cc2cc[nH]c2cc1C1C=CNCC1. The second kappa shape index (κ2) is 3.59. The van der Waals surface area contributed by atoms with Crippen LogP contribution in [0.5, 0.6) is 5.75 Å². The molecular weight excluding hydrogens is 200 g/mol.